The van der Waals surface area contributed by atoms with Gasteiger partial charge in [0.1, 0.15) is 0 Å². The molecule has 2 rings (SSSR count). The lowest BCUT2D eigenvalue weighted by molar-refractivity contribution is -0.384. The van der Waals surface area contributed by atoms with Crippen LogP contribution in [0, 0.1) is 10.1 Å². The van der Waals surface area contributed by atoms with E-state index >= 15 is 0 Å². The van der Waals surface area contributed by atoms with Crippen molar-refractivity contribution in [3.05, 3.63) is 64.2 Å². The van der Waals surface area contributed by atoms with Gasteiger partial charge in [0.2, 0.25) is 0 Å². The van der Waals surface area contributed by atoms with Crippen molar-refractivity contribution in [2.75, 3.05) is 10.6 Å². The number of non-ortho nitro benzene ring substituents is 1. The summed E-state index contributed by atoms with van der Waals surface area (Å²) in [4.78, 5) is 10.3. The first-order chi connectivity index (χ1) is 11.1. The highest BCUT2D eigenvalue weighted by atomic mass is 32.1. The van der Waals surface area contributed by atoms with Gasteiger partial charge >= 0.3 is 0 Å². The van der Waals surface area contributed by atoms with Gasteiger partial charge in [-0.15, -0.1) is 0 Å². The number of thiocarbonyl (C=S) groups is 1. The summed E-state index contributed by atoms with van der Waals surface area (Å²) in [5.74, 6) is 0. The fraction of sp³-hybridized carbons (Fsp3) is 0.235. The van der Waals surface area contributed by atoms with Crippen molar-refractivity contribution < 1.29 is 4.92 Å². The summed E-state index contributed by atoms with van der Waals surface area (Å²) in [6, 6.07) is 14.3. The van der Waals surface area contributed by atoms with Crippen molar-refractivity contribution in [1.82, 2.24) is 0 Å². The summed E-state index contributed by atoms with van der Waals surface area (Å²) in [6.07, 6.45) is 3.43. The first kappa shape index (κ1) is 16.9. The van der Waals surface area contributed by atoms with E-state index in [4.69, 9.17) is 12.2 Å². The Morgan fingerprint density at radius 3 is 2.48 bits per heavy atom. The number of unbranched alkanes of at least 4 members (excludes halogenated alkanes) is 1. The van der Waals surface area contributed by atoms with E-state index in [1.807, 2.05) is 12.1 Å². The van der Waals surface area contributed by atoms with Crippen LogP contribution in [0.15, 0.2) is 48.5 Å². The number of rotatable bonds is 6. The first-order valence-electron chi connectivity index (χ1n) is 7.50. The number of nitrogens with one attached hydrogen (secondary N) is 2. The molecule has 2 aromatic carbocycles. The van der Waals surface area contributed by atoms with E-state index in [1.165, 1.54) is 30.5 Å². The van der Waals surface area contributed by atoms with Gasteiger partial charge in [-0.05, 0) is 48.8 Å². The van der Waals surface area contributed by atoms with Crippen molar-refractivity contribution in [3.63, 3.8) is 0 Å². The molecule has 0 heterocycles. The molecule has 0 spiro atoms. The van der Waals surface area contributed by atoms with E-state index < -0.39 is 4.92 Å². The van der Waals surface area contributed by atoms with Gasteiger partial charge in [0.05, 0.1) is 4.92 Å². The highest BCUT2D eigenvalue weighted by Crippen LogP contribution is 2.18. The van der Waals surface area contributed by atoms with Crippen LogP contribution in [0.4, 0.5) is 17.1 Å². The Morgan fingerprint density at radius 1 is 1.13 bits per heavy atom. The maximum absolute atomic E-state index is 10.8. The molecule has 0 fully saturated rings. The Labute approximate surface area is 140 Å². The number of nitro benzene ring substituents is 1. The predicted molar refractivity (Wildman–Crippen MR) is 98.0 cm³/mol. The molecular weight excluding hydrogens is 310 g/mol. The summed E-state index contributed by atoms with van der Waals surface area (Å²) in [5, 5.41) is 17.2. The molecule has 23 heavy (non-hydrogen) atoms. The van der Waals surface area contributed by atoms with Gasteiger partial charge < -0.3 is 10.6 Å². The molecular formula is C17H19N3O2S. The molecule has 5 nitrogen and oxygen atoms in total. The van der Waals surface area contributed by atoms with Crippen molar-refractivity contribution >= 4 is 34.4 Å². The molecule has 120 valence electrons. The Balaban J connectivity index is 1.94. The summed E-state index contributed by atoms with van der Waals surface area (Å²) in [5.41, 5.74) is 2.79. The minimum absolute atomic E-state index is 0.0260. The van der Waals surface area contributed by atoms with Crippen LogP contribution < -0.4 is 10.6 Å². The van der Waals surface area contributed by atoms with E-state index in [0.29, 0.717) is 10.8 Å². The van der Waals surface area contributed by atoms with Crippen LogP contribution in [0.3, 0.4) is 0 Å². The fourth-order valence-corrected chi connectivity index (χ4v) is 2.36. The smallest absolute Gasteiger partial charge is 0.271 e. The zero-order chi connectivity index (χ0) is 16.7. The highest BCUT2D eigenvalue weighted by Gasteiger charge is 2.06. The lowest BCUT2D eigenvalue weighted by Gasteiger charge is -2.11. The van der Waals surface area contributed by atoms with Crippen LogP contribution in [0.1, 0.15) is 25.3 Å². The SMILES string of the molecule is CCCCc1ccc(NC(=S)Nc2cccc([N+](=O)[O-])c2)cc1. The Hall–Kier alpha value is -2.47. The van der Waals surface area contributed by atoms with Crippen molar-refractivity contribution in [2.45, 2.75) is 26.2 Å². The van der Waals surface area contributed by atoms with Gasteiger partial charge in [-0.2, -0.15) is 0 Å². The van der Waals surface area contributed by atoms with E-state index in [2.05, 4.69) is 29.7 Å². The number of aryl methyl sites for hydroxylation is 1. The third-order valence-electron chi connectivity index (χ3n) is 3.35. The summed E-state index contributed by atoms with van der Waals surface area (Å²) in [7, 11) is 0. The maximum Gasteiger partial charge on any atom is 0.271 e. The minimum Gasteiger partial charge on any atom is -0.332 e. The second kappa shape index (κ2) is 8.24. The molecule has 0 bridgehead atoms. The van der Waals surface area contributed by atoms with Gasteiger partial charge in [-0.3, -0.25) is 10.1 Å². The van der Waals surface area contributed by atoms with Crippen LogP contribution in [0.25, 0.3) is 0 Å². The van der Waals surface area contributed by atoms with Crippen LogP contribution in [0.5, 0.6) is 0 Å². The quantitative estimate of drug-likeness (QED) is 0.455. The highest BCUT2D eigenvalue weighted by molar-refractivity contribution is 7.80. The van der Waals surface area contributed by atoms with Gasteiger partial charge in [0, 0.05) is 23.5 Å². The van der Waals surface area contributed by atoms with E-state index in [9.17, 15) is 10.1 Å². The number of benzene rings is 2. The summed E-state index contributed by atoms with van der Waals surface area (Å²) < 4.78 is 0. The molecule has 0 aliphatic rings. The molecule has 2 aromatic rings. The van der Waals surface area contributed by atoms with Crippen LogP contribution in [0.2, 0.25) is 0 Å². The monoisotopic (exact) mass is 329 g/mol. The number of nitrogens with zero attached hydrogens (tertiary/aromatic N) is 1. The van der Waals surface area contributed by atoms with Crippen LogP contribution in [-0.2, 0) is 6.42 Å². The fourth-order valence-electron chi connectivity index (χ4n) is 2.13. The van der Waals surface area contributed by atoms with Gasteiger partial charge in [-0.25, -0.2) is 0 Å². The van der Waals surface area contributed by atoms with Crippen molar-refractivity contribution in [1.29, 1.82) is 0 Å². The van der Waals surface area contributed by atoms with E-state index in [-0.39, 0.29) is 5.69 Å². The topological polar surface area (TPSA) is 67.2 Å². The van der Waals surface area contributed by atoms with Gasteiger partial charge in [-0.1, -0.05) is 31.5 Å². The molecule has 0 saturated heterocycles. The lowest BCUT2D eigenvalue weighted by Crippen LogP contribution is -2.19. The van der Waals surface area contributed by atoms with E-state index in [0.717, 1.165) is 12.1 Å². The largest absolute Gasteiger partial charge is 0.332 e. The number of hydrogen-bond donors (Lipinski definition) is 2. The second-order valence-corrected chi connectivity index (χ2v) is 5.60. The molecule has 0 aromatic heterocycles. The third kappa shape index (κ3) is 5.34. The molecule has 0 amide bonds. The second-order valence-electron chi connectivity index (χ2n) is 5.19. The lowest BCUT2D eigenvalue weighted by atomic mass is 10.1. The molecule has 0 unspecified atom stereocenters. The third-order valence-corrected chi connectivity index (χ3v) is 3.55. The average molecular weight is 329 g/mol. The molecule has 0 radical (unpaired) electrons. The molecule has 0 aliphatic carbocycles. The molecule has 0 saturated carbocycles. The summed E-state index contributed by atoms with van der Waals surface area (Å²) in [6.45, 7) is 2.17. The number of hydrogen-bond acceptors (Lipinski definition) is 3. The van der Waals surface area contributed by atoms with Crippen molar-refractivity contribution in [2.24, 2.45) is 0 Å². The maximum atomic E-state index is 10.8. The zero-order valence-electron chi connectivity index (χ0n) is 12.9. The average Bonchev–Trinajstić information content (AvgIpc) is 2.54. The zero-order valence-corrected chi connectivity index (χ0v) is 13.7. The van der Waals surface area contributed by atoms with Gasteiger partial charge in [0.15, 0.2) is 5.11 Å². The molecule has 0 atom stereocenters. The number of nitro groups is 1. The van der Waals surface area contributed by atoms with Crippen LogP contribution >= 0.6 is 12.2 Å². The van der Waals surface area contributed by atoms with Gasteiger partial charge in [0.25, 0.3) is 5.69 Å². The minimum atomic E-state index is -0.434. The predicted octanol–water partition coefficient (Wildman–Crippen LogP) is 4.75. The molecule has 0 aliphatic heterocycles. The normalized spacial score (nSPS) is 10.1. The molecule has 6 heteroatoms. The Morgan fingerprint density at radius 2 is 1.83 bits per heavy atom. The van der Waals surface area contributed by atoms with Crippen LogP contribution in [-0.4, -0.2) is 10.0 Å². The summed E-state index contributed by atoms with van der Waals surface area (Å²) >= 11 is 5.24. The first-order valence-corrected chi connectivity index (χ1v) is 7.90. The van der Waals surface area contributed by atoms with E-state index in [1.54, 1.807) is 12.1 Å². The number of anilines is 2. The Bertz CT molecular complexity index is 686. The Kier molecular flexibility index (Phi) is 6.05. The molecule has 2 N–H and O–H groups in total. The standard InChI is InChI=1S/C17H19N3O2S/c1-2-3-5-13-8-10-14(11-9-13)18-17(23)19-15-6-4-7-16(12-15)20(21)22/h4,6-12H,2-3,5H2,1H3,(H2,18,19,23). The van der Waals surface area contributed by atoms with Crippen molar-refractivity contribution in [3.8, 4) is 0 Å².